The van der Waals surface area contributed by atoms with Gasteiger partial charge >= 0.3 is 0 Å². The highest BCUT2D eigenvalue weighted by Crippen LogP contribution is 2.34. The molecule has 0 bridgehead atoms. The van der Waals surface area contributed by atoms with Crippen LogP contribution in [-0.2, 0) is 27.7 Å². The molecule has 0 unspecified atom stereocenters. The summed E-state index contributed by atoms with van der Waals surface area (Å²) in [5, 5.41) is 3.47. The van der Waals surface area contributed by atoms with Crippen molar-refractivity contribution in [3.63, 3.8) is 0 Å². The van der Waals surface area contributed by atoms with Crippen LogP contribution in [-0.4, -0.2) is 36.2 Å². The van der Waals surface area contributed by atoms with Crippen LogP contribution in [0.15, 0.2) is 16.3 Å². The summed E-state index contributed by atoms with van der Waals surface area (Å²) < 4.78 is 27.6. The van der Waals surface area contributed by atoms with Gasteiger partial charge in [-0.05, 0) is 57.1 Å². The Balaban J connectivity index is 1.51. The van der Waals surface area contributed by atoms with E-state index in [-0.39, 0.29) is 5.91 Å². The fraction of sp³-hybridized carbons (Fsp3) is 0.556. The Labute approximate surface area is 167 Å². The summed E-state index contributed by atoms with van der Waals surface area (Å²) >= 11 is 2.77. The fourth-order valence-corrected chi connectivity index (χ4v) is 7.98. The van der Waals surface area contributed by atoms with Crippen molar-refractivity contribution >= 4 is 43.7 Å². The van der Waals surface area contributed by atoms with Gasteiger partial charge in [0.15, 0.2) is 5.13 Å². The van der Waals surface area contributed by atoms with Crippen LogP contribution < -0.4 is 5.32 Å². The van der Waals surface area contributed by atoms with Gasteiger partial charge in [-0.25, -0.2) is 13.4 Å². The SMILES string of the molecule is Cc1ccc(S(=O)(=O)N2CCC[C@@H]2C(=O)Nc2nc3c(s2)C[C@@H](C)CC3)s1. The third kappa shape index (κ3) is 3.70. The number of aryl methyl sites for hydroxylation is 2. The van der Waals surface area contributed by atoms with Crippen LogP contribution in [0.1, 0.15) is 41.6 Å². The molecular formula is C18H23N3O3S3. The number of carbonyl (C=O) groups is 1. The molecule has 1 aliphatic carbocycles. The summed E-state index contributed by atoms with van der Waals surface area (Å²) in [5.74, 6) is 0.370. The van der Waals surface area contributed by atoms with Crippen LogP contribution in [0, 0.1) is 12.8 Å². The number of aromatic nitrogens is 1. The fourth-order valence-electron chi connectivity index (χ4n) is 3.74. The van der Waals surface area contributed by atoms with Crippen LogP contribution in [0.3, 0.4) is 0 Å². The van der Waals surface area contributed by atoms with Gasteiger partial charge in [0, 0.05) is 16.3 Å². The number of thiazole rings is 1. The highest BCUT2D eigenvalue weighted by atomic mass is 32.2. The monoisotopic (exact) mass is 425 g/mol. The number of anilines is 1. The third-order valence-electron chi connectivity index (χ3n) is 5.20. The Morgan fingerprint density at radius 2 is 2.11 bits per heavy atom. The molecule has 2 aromatic heterocycles. The lowest BCUT2D eigenvalue weighted by molar-refractivity contribution is -0.119. The molecule has 2 atom stereocenters. The summed E-state index contributed by atoms with van der Waals surface area (Å²) in [5.41, 5.74) is 1.08. The smallest absolute Gasteiger partial charge is 0.253 e. The molecule has 27 heavy (non-hydrogen) atoms. The van der Waals surface area contributed by atoms with Gasteiger partial charge in [0.05, 0.1) is 5.69 Å². The van der Waals surface area contributed by atoms with Crippen molar-refractivity contribution in [3.8, 4) is 0 Å². The first kappa shape index (κ1) is 19.0. The quantitative estimate of drug-likeness (QED) is 0.814. The molecule has 9 heteroatoms. The van der Waals surface area contributed by atoms with E-state index in [0.717, 1.165) is 29.8 Å². The van der Waals surface area contributed by atoms with E-state index in [1.165, 1.54) is 31.9 Å². The highest BCUT2D eigenvalue weighted by molar-refractivity contribution is 7.91. The van der Waals surface area contributed by atoms with Crippen LogP contribution in [0.2, 0.25) is 0 Å². The molecule has 0 aromatic carbocycles. The van der Waals surface area contributed by atoms with E-state index in [0.29, 0.717) is 34.6 Å². The number of nitrogens with one attached hydrogen (secondary N) is 1. The largest absolute Gasteiger partial charge is 0.301 e. The molecule has 1 saturated heterocycles. The Morgan fingerprint density at radius 1 is 1.30 bits per heavy atom. The summed E-state index contributed by atoms with van der Waals surface area (Å²) in [6, 6.07) is 2.75. The maximum atomic E-state index is 13.0. The Bertz CT molecular complexity index is 964. The maximum absolute atomic E-state index is 13.0. The molecule has 0 saturated carbocycles. The van der Waals surface area contributed by atoms with Crippen LogP contribution >= 0.6 is 22.7 Å². The number of fused-ring (bicyclic) bond motifs is 1. The zero-order valence-corrected chi connectivity index (χ0v) is 17.8. The topological polar surface area (TPSA) is 79.4 Å². The van der Waals surface area contributed by atoms with Gasteiger partial charge in [-0.3, -0.25) is 4.79 Å². The lowest BCUT2D eigenvalue weighted by atomic mass is 9.93. The van der Waals surface area contributed by atoms with E-state index in [9.17, 15) is 13.2 Å². The highest BCUT2D eigenvalue weighted by Gasteiger charge is 2.40. The predicted molar refractivity (Wildman–Crippen MR) is 108 cm³/mol. The van der Waals surface area contributed by atoms with E-state index < -0.39 is 16.1 Å². The summed E-state index contributed by atoms with van der Waals surface area (Å²) in [7, 11) is -3.64. The molecule has 0 radical (unpaired) electrons. The summed E-state index contributed by atoms with van der Waals surface area (Å²) in [4.78, 5) is 19.6. The average molecular weight is 426 g/mol. The van der Waals surface area contributed by atoms with Crippen LogP contribution in [0.5, 0.6) is 0 Å². The molecule has 2 aliphatic rings. The van der Waals surface area contributed by atoms with Gasteiger partial charge in [0.1, 0.15) is 10.3 Å². The summed E-state index contributed by atoms with van der Waals surface area (Å²) in [6.07, 6.45) is 4.30. The van der Waals surface area contributed by atoms with E-state index in [1.54, 1.807) is 12.1 Å². The van der Waals surface area contributed by atoms with Crippen molar-refractivity contribution in [2.24, 2.45) is 5.92 Å². The van der Waals surface area contributed by atoms with E-state index in [4.69, 9.17) is 0 Å². The van der Waals surface area contributed by atoms with Gasteiger partial charge < -0.3 is 5.32 Å². The van der Waals surface area contributed by atoms with Crippen molar-refractivity contribution in [1.29, 1.82) is 0 Å². The molecular weight excluding hydrogens is 402 g/mol. The second kappa shape index (κ2) is 7.27. The molecule has 1 aliphatic heterocycles. The first-order valence-corrected chi connectivity index (χ1v) is 12.3. The number of rotatable bonds is 4. The third-order valence-corrected chi connectivity index (χ3v) is 9.61. The Kier molecular flexibility index (Phi) is 5.13. The minimum atomic E-state index is -3.64. The van der Waals surface area contributed by atoms with Gasteiger partial charge in [0.25, 0.3) is 10.0 Å². The molecule has 6 nitrogen and oxygen atoms in total. The van der Waals surface area contributed by atoms with Crippen molar-refractivity contribution in [2.75, 3.05) is 11.9 Å². The summed E-state index contributed by atoms with van der Waals surface area (Å²) in [6.45, 7) is 4.49. The Morgan fingerprint density at radius 3 is 2.85 bits per heavy atom. The van der Waals surface area contributed by atoms with Crippen molar-refractivity contribution in [2.45, 2.75) is 56.2 Å². The van der Waals surface area contributed by atoms with E-state index in [2.05, 4.69) is 17.2 Å². The lowest BCUT2D eigenvalue weighted by Gasteiger charge is -2.22. The minimum Gasteiger partial charge on any atom is -0.301 e. The van der Waals surface area contributed by atoms with Crippen molar-refractivity contribution in [1.82, 2.24) is 9.29 Å². The van der Waals surface area contributed by atoms with E-state index in [1.807, 2.05) is 6.92 Å². The minimum absolute atomic E-state index is 0.275. The molecule has 1 amide bonds. The van der Waals surface area contributed by atoms with Gasteiger partial charge in [-0.15, -0.1) is 22.7 Å². The van der Waals surface area contributed by atoms with Gasteiger partial charge in [0.2, 0.25) is 5.91 Å². The molecule has 3 heterocycles. The number of nitrogens with zero attached hydrogens (tertiary/aromatic N) is 2. The molecule has 4 rings (SSSR count). The number of hydrogen-bond acceptors (Lipinski definition) is 6. The number of amides is 1. The van der Waals surface area contributed by atoms with Crippen LogP contribution in [0.25, 0.3) is 0 Å². The Hall–Kier alpha value is -1.29. The number of sulfonamides is 1. The number of hydrogen-bond donors (Lipinski definition) is 1. The molecule has 2 aromatic rings. The average Bonchev–Trinajstić information content (AvgIpc) is 3.32. The normalized spacial score (nSPS) is 23.3. The standard InChI is InChI=1S/C18H23N3O3S3/c1-11-5-7-13-15(10-11)26-18(19-13)20-17(22)14-4-3-9-21(14)27(23,24)16-8-6-12(2)25-16/h6,8,11,14H,3-5,7,9-10H2,1-2H3,(H,19,20,22)/t11-,14+/m0/s1. The second-order valence-corrected chi connectivity index (χ2v) is 11.9. The second-order valence-electron chi connectivity index (χ2n) is 7.36. The first-order valence-electron chi connectivity index (χ1n) is 9.22. The van der Waals surface area contributed by atoms with Gasteiger partial charge in [-0.2, -0.15) is 4.31 Å². The lowest BCUT2D eigenvalue weighted by Crippen LogP contribution is -2.42. The number of thiophene rings is 1. The molecule has 1 fully saturated rings. The molecule has 0 spiro atoms. The van der Waals surface area contributed by atoms with Crippen LogP contribution in [0.4, 0.5) is 5.13 Å². The number of carbonyl (C=O) groups excluding carboxylic acids is 1. The first-order chi connectivity index (χ1) is 12.8. The van der Waals surface area contributed by atoms with E-state index >= 15 is 0 Å². The zero-order valence-electron chi connectivity index (χ0n) is 15.4. The van der Waals surface area contributed by atoms with Gasteiger partial charge in [-0.1, -0.05) is 6.92 Å². The molecule has 1 N–H and O–H groups in total. The predicted octanol–water partition coefficient (Wildman–Crippen LogP) is 3.43. The zero-order chi connectivity index (χ0) is 19.2. The van der Waals surface area contributed by atoms with Crippen molar-refractivity contribution in [3.05, 3.63) is 27.6 Å². The van der Waals surface area contributed by atoms with Crippen molar-refractivity contribution < 1.29 is 13.2 Å². The maximum Gasteiger partial charge on any atom is 0.253 e. The molecule has 146 valence electrons.